The topological polar surface area (TPSA) is 101 Å². The van der Waals surface area contributed by atoms with E-state index in [1.807, 2.05) is 6.07 Å². The van der Waals surface area contributed by atoms with Crippen LogP contribution in [-0.4, -0.2) is 16.7 Å². The van der Waals surface area contributed by atoms with Gasteiger partial charge in [-0.05, 0) is 30.3 Å². The molecule has 0 heterocycles. The number of nitrogens with zero attached hydrogens (tertiary/aromatic N) is 1. The second-order valence-electron chi connectivity index (χ2n) is 6.13. The number of halogens is 1. The highest BCUT2D eigenvalue weighted by Gasteiger charge is 2.16. The number of carbonyl (C=O) groups excluding carboxylic acids is 2. The normalized spacial score (nSPS) is 10.2. The second-order valence-corrected chi connectivity index (χ2v) is 6.53. The Morgan fingerprint density at radius 2 is 1.62 bits per heavy atom. The molecule has 8 heteroatoms. The number of amides is 2. The molecule has 29 heavy (non-hydrogen) atoms. The highest BCUT2D eigenvalue weighted by molar-refractivity contribution is 6.34. The molecule has 0 atom stereocenters. The molecular formula is C21H16ClN3O4. The number of hydrogen-bond acceptors (Lipinski definition) is 4. The van der Waals surface area contributed by atoms with Gasteiger partial charge in [-0.3, -0.25) is 19.7 Å². The Balaban J connectivity index is 1.67. The number of nitro benzene ring substituents is 1. The molecule has 2 N–H and O–H groups in total. The van der Waals surface area contributed by atoms with Crippen molar-refractivity contribution in [1.29, 1.82) is 0 Å². The van der Waals surface area contributed by atoms with Gasteiger partial charge in [0.25, 0.3) is 11.6 Å². The van der Waals surface area contributed by atoms with E-state index >= 15 is 0 Å². The summed E-state index contributed by atoms with van der Waals surface area (Å²) in [4.78, 5) is 35.0. The van der Waals surface area contributed by atoms with Crippen molar-refractivity contribution >= 4 is 40.5 Å². The van der Waals surface area contributed by atoms with E-state index in [9.17, 15) is 19.7 Å². The van der Waals surface area contributed by atoms with Gasteiger partial charge in [-0.25, -0.2) is 0 Å². The lowest BCUT2D eigenvalue weighted by atomic mass is 10.1. The SMILES string of the molecule is O=C(Cc1ccccc1[N+](=O)[O-])Nc1ccc(NC(=O)c2ccccc2)c(Cl)c1. The predicted octanol–water partition coefficient (Wildman–Crippen LogP) is 4.68. The molecule has 2 amide bonds. The largest absolute Gasteiger partial charge is 0.326 e. The van der Waals surface area contributed by atoms with Crippen molar-refractivity contribution in [3.8, 4) is 0 Å². The summed E-state index contributed by atoms with van der Waals surface area (Å²) in [7, 11) is 0. The van der Waals surface area contributed by atoms with Crippen LogP contribution in [0.5, 0.6) is 0 Å². The molecule has 0 bridgehead atoms. The monoisotopic (exact) mass is 409 g/mol. The van der Waals surface area contributed by atoms with Gasteiger partial charge in [-0.2, -0.15) is 0 Å². The first kappa shape index (κ1) is 20.0. The van der Waals surface area contributed by atoms with Crippen LogP contribution >= 0.6 is 11.6 Å². The Bertz CT molecular complexity index is 1070. The molecule has 0 aliphatic rings. The average molecular weight is 410 g/mol. The van der Waals surface area contributed by atoms with Crippen molar-refractivity contribution in [2.24, 2.45) is 0 Å². The molecular weight excluding hydrogens is 394 g/mol. The van der Waals surface area contributed by atoms with E-state index in [-0.39, 0.29) is 23.0 Å². The zero-order valence-corrected chi connectivity index (χ0v) is 15.8. The number of rotatable bonds is 6. The lowest BCUT2D eigenvalue weighted by Crippen LogP contribution is -2.16. The minimum Gasteiger partial charge on any atom is -0.326 e. The van der Waals surface area contributed by atoms with Gasteiger partial charge in [-0.15, -0.1) is 0 Å². The molecule has 0 radical (unpaired) electrons. The quantitative estimate of drug-likeness (QED) is 0.455. The van der Waals surface area contributed by atoms with Crippen LogP contribution in [0.15, 0.2) is 72.8 Å². The van der Waals surface area contributed by atoms with Crippen molar-refractivity contribution in [1.82, 2.24) is 0 Å². The predicted molar refractivity (Wildman–Crippen MR) is 111 cm³/mol. The maximum absolute atomic E-state index is 12.3. The van der Waals surface area contributed by atoms with Gasteiger partial charge >= 0.3 is 0 Å². The molecule has 0 unspecified atom stereocenters. The van der Waals surface area contributed by atoms with Gasteiger partial charge in [0.2, 0.25) is 5.91 Å². The van der Waals surface area contributed by atoms with E-state index in [0.717, 1.165) is 0 Å². The summed E-state index contributed by atoms with van der Waals surface area (Å²) < 4.78 is 0. The maximum Gasteiger partial charge on any atom is 0.273 e. The summed E-state index contributed by atoms with van der Waals surface area (Å²) in [6.07, 6.45) is -0.152. The van der Waals surface area contributed by atoms with Crippen LogP contribution in [0.2, 0.25) is 5.02 Å². The fraction of sp³-hybridized carbons (Fsp3) is 0.0476. The van der Waals surface area contributed by atoms with Gasteiger partial charge in [-0.1, -0.05) is 48.0 Å². The van der Waals surface area contributed by atoms with Crippen LogP contribution in [0.4, 0.5) is 17.1 Å². The van der Waals surface area contributed by atoms with Crippen molar-refractivity contribution in [3.63, 3.8) is 0 Å². The summed E-state index contributed by atoms with van der Waals surface area (Å²) in [5.41, 5.74) is 1.51. The van der Waals surface area contributed by atoms with Crippen LogP contribution in [0.25, 0.3) is 0 Å². The lowest BCUT2D eigenvalue weighted by molar-refractivity contribution is -0.385. The van der Waals surface area contributed by atoms with Crippen LogP contribution in [0.1, 0.15) is 15.9 Å². The van der Waals surface area contributed by atoms with E-state index in [4.69, 9.17) is 11.6 Å². The van der Waals surface area contributed by atoms with Crippen LogP contribution in [-0.2, 0) is 11.2 Å². The number of hydrogen-bond donors (Lipinski definition) is 2. The summed E-state index contributed by atoms with van der Waals surface area (Å²) >= 11 is 6.22. The average Bonchev–Trinajstić information content (AvgIpc) is 2.71. The second kappa shape index (κ2) is 8.99. The third-order valence-corrected chi connectivity index (χ3v) is 4.39. The Morgan fingerprint density at radius 3 is 2.31 bits per heavy atom. The summed E-state index contributed by atoms with van der Waals surface area (Å²) in [5, 5.41) is 16.7. The molecule has 0 spiro atoms. The maximum atomic E-state index is 12.3. The molecule has 0 aromatic heterocycles. The van der Waals surface area contributed by atoms with E-state index in [0.29, 0.717) is 22.5 Å². The number of nitro groups is 1. The summed E-state index contributed by atoms with van der Waals surface area (Å²) in [5.74, 6) is -0.725. The Morgan fingerprint density at radius 1 is 0.931 bits per heavy atom. The molecule has 0 saturated heterocycles. The zero-order chi connectivity index (χ0) is 20.8. The smallest absolute Gasteiger partial charge is 0.273 e. The summed E-state index contributed by atoms with van der Waals surface area (Å²) in [6.45, 7) is 0. The first-order valence-electron chi connectivity index (χ1n) is 8.62. The molecule has 146 valence electrons. The van der Waals surface area contributed by atoms with E-state index in [1.54, 1.807) is 48.5 Å². The first-order valence-corrected chi connectivity index (χ1v) is 9.00. The van der Waals surface area contributed by atoms with Crippen LogP contribution in [0, 0.1) is 10.1 Å². The van der Waals surface area contributed by atoms with Crippen molar-refractivity contribution in [2.75, 3.05) is 10.6 Å². The van der Waals surface area contributed by atoms with Crippen molar-refractivity contribution in [2.45, 2.75) is 6.42 Å². The number of benzene rings is 3. The highest BCUT2D eigenvalue weighted by Crippen LogP contribution is 2.26. The lowest BCUT2D eigenvalue weighted by Gasteiger charge is -2.10. The van der Waals surface area contributed by atoms with E-state index < -0.39 is 10.8 Å². The highest BCUT2D eigenvalue weighted by atomic mass is 35.5. The number of para-hydroxylation sites is 1. The van der Waals surface area contributed by atoms with Crippen molar-refractivity contribution in [3.05, 3.63) is 99.1 Å². The molecule has 0 fully saturated rings. The summed E-state index contributed by atoms with van der Waals surface area (Å²) in [6, 6.07) is 19.4. The number of carbonyl (C=O) groups is 2. The van der Waals surface area contributed by atoms with Gasteiger partial charge in [0.1, 0.15) is 0 Å². The third kappa shape index (κ3) is 5.18. The fourth-order valence-corrected chi connectivity index (χ4v) is 2.92. The third-order valence-electron chi connectivity index (χ3n) is 4.08. The zero-order valence-electron chi connectivity index (χ0n) is 15.1. The van der Waals surface area contributed by atoms with Gasteiger partial charge < -0.3 is 10.6 Å². The van der Waals surface area contributed by atoms with Gasteiger partial charge in [0.05, 0.1) is 22.1 Å². The molecule has 7 nitrogen and oxygen atoms in total. The van der Waals surface area contributed by atoms with Gasteiger partial charge in [0, 0.05) is 22.9 Å². The van der Waals surface area contributed by atoms with Crippen LogP contribution < -0.4 is 10.6 Å². The molecule has 3 rings (SSSR count). The fourth-order valence-electron chi connectivity index (χ4n) is 2.69. The number of nitrogens with one attached hydrogen (secondary N) is 2. The minimum absolute atomic E-state index is 0.111. The minimum atomic E-state index is -0.524. The Hall–Kier alpha value is -3.71. The molecule has 3 aromatic rings. The molecule has 0 aliphatic heterocycles. The van der Waals surface area contributed by atoms with E-state index in [1.165, 1.54) is 18.2 Å². The molecule has 0 saturated carbocycles. The first-order chi connectivity index (χ1) is 13.9. The number of anilines is 2. The van der Waals surface area contributed by atoms with Gasteiger partial charge in [0.15, 0.2) is 0 Å². The van der Waals surface area contributed by atoms with Crippen LogP contribution in [0.3, 0.4) is 0 Å². The molecule has 0 aliphatic carbocycles. The van der Waals surface area contributed by atoms with Crippen molar-refractivity contribution < 1.29 is 14.5 Å². The Labute approximate surface area is 171 Å². The Kier molecular flexibility index (Phi) is 6.21. The molecule has 3 aromatic carbocycles. The van der Waals surface area contributed by atoms with E-state index in [2.05, 4.69) is 10.6 Å². The standard InChI is InChI=1S/C21H16ClN3O4/c22-17-13-16(10-11-18(17)24-21(27)14-6-2-1-3-7-14)23-20(26)12-15-8-4-5-9-19(15)25(28)29/h1-11,13H,12H2,(H,23,26)(H,24,27).